The highest BCUT2D eigenvalue weighted by Crippen LogP contribution is 2.36. The molecule has 19 heavy (non-hydrogen) atoms. The predicted molar refractivity (Wildman–Crippen MR) is 83.3 cm³/mol. The predicted octanol–water partition coefficient (Wildman–Crippen LogP) is 4.56. The van der Waals surface area contributed by atoms with Crippen molar-refractivity contribution in [1.29, 1.82) is 0 Å². The molecule has 0 unspecified atom stereocenters. The van der Waals surface area contributed by atoms with Gasteiger partial charge in [0.2, 0.25) is 5.91 Å². The molecule has 1 heterocycles. The number of nitrogens with zero attached hydrogens (tertiary/aromatic N) is 1. The summed E-state index contributed by atoms with van der Waals surface area (Å²) in [4.78, 5) is 16.5. The van der Waals surface area contributed by atoms with E-state index in [1.807, 2.05) is 51.1 Å². The molecule has 0 aliphatic rings. The molecular weight excluding hydrogens is 324 g/mol. The number of hydrogen-bond donors (Lipinski definition) is 1. The van der Waals surface area contributed by atoms with Gasteiger partial charge in [-0.2, -0.15) is 0 Å². The number of benzene rings is 1. The fraction of sp³-hybridized carbons (Fsp3) is 0.286. The summed E-state index contributed by atoms with van der Waals surface area (Å²) in [6.45, 7) is 5.67. The fourth-order valence-corrected chi connectivity index (χ4v) is 2.83. The van der Waals surface area contributed by atoms with E-state index in [-0.39, 0.29) is 5.91 Å². The third kappa shape index (κ3) is 3.42. The summed E-state index contributed by atoms with van der Waals surface area (Å²) in [5.41, 5.74) is 1.37. The quantitative estimate of drug-likeness (QED) is 0.872. The molecule has 0 saturated carbocycles. The number of carbonyl (C=O) groups is 1. The van der Waals surface area contributed by atoms with Gasteiger partial charge in [0, 0.05) is 11.0 Å². The van der Waals surface area contributed by atoms with Crippen LogP contribution in [0.5, 0.6) is 0 Å². The molecule has 0 atom stereocenters. The first-order valence-electron chi connectivity index (χ1n) is 5.91. The Balaban J connectivity index is 2.35. The van der Waals surface area contributed by atoms with Gasteiger partial charge in [-0.1, -0.05) is 62.4 Å². The summed E-state index contributed by atoms with van der Waals surface area (Å²) in [6.07, 6.45) is 0. The number of halogens is 1. The largest absolute Gasteiger partial charge is 0.315 e. The molecule has 3 nitrogen and oxygen atoms in total. The molecule has 1 N–H and O–H groups in total. The minimum absolute atomic E-state index is 0.0131. The Morgan fingerprint density at radius 2 is 1.89 bits per heavy atom. The van der Waals surface area contributed by atoms with Crippen LogP contribution in [0.4, 0.5) is 5.00 Å². The second kappa shape index (κ2) is 5.43. The molecule has 0 bridgehead atoms. The Kier molecular flexibility index (Phi) is 4.06. The minimum Gasteiger partial charge on any atom is -0.315 e. The number of nitrogens with one attached hydrogen (secondary N) is 1. The maximum absolute atomic E-state index is 12.1. The molecule has 100 valence electrons. The van der Waals surface area contributed by atoms with Crippen molar-refractivity contribution < 1.29 is 4.79 Å². The second-order valence-electron chi connectivity index (χ2n) is 5.21. The van der Waals surface area contributed by atoms with Crippen LogP contribution in [-0.4, -0.2) is 10.9 Å². The average molecular weight is 339 g/mol. The van der Waals surface area contributed by atoms with E-state index < -0.39 is 5.41 Å². The van der Waals surface area contributed by atoms with Crippen molar-refractivity contribution in [2.45, 2.75) is 20.8 Å². The average Bonchev–Trinajstić information content (AvgIpc) is 2.70. The molecule has 0 saturated heterocycles. The van der Waals surface area contributed by atoms with Crippen molar-refractivity contribution in [1.82, 2.24) is 4.98 Å². The number of thiazole rings is 1. The standard InChI is InChI=1S/C14H15BrN2OS/c1-14(2,3)12(18)17-11-10(16-13(15)19-11)9-7-5-4-6-8-9/h4-8H,1-3H3,(H,17,18). The van der Waals surface area contributed by atoms with Crippen molar-refractivity contribution in [2.24, 2.45) is 5.41 Å². The van der Waals surface area contributed by atoms with Crippen LogP contribution >= 0.6 is 27.3 Å². The summed E-state index contributed by atoms with van der Waals surface area (Å²) < 4.78 is 0.760. The van der Waals surface area contributed by atoms with Gasteiger partial charge in [0.1, 0.15) is 10.7 Å². The van der Waals surface area contributed by atoms with Crippen LogP contribution in [0.2, 0.25) is 0 Å². The first-order valence-corrected chi connectivity index (χ1v) is 7.52. The maximum Gasteiger partial charge on any atom is 0.230 e. The van der Waals surface area contributed by atoms with Crippen molar-refractivity contribution in [3.05, 3.63) is 34.2 Å². The van der Waals surface area contributed by atoms with Crippen molar-refractivity contribution >= 4 is 38.2 Å². The summed E-state index contributed by atoms with van der Waals surface area (Å²) in [5.74, 6) is -0.0131. The highest BCUT2D eigenvalue weighted by Gasteiger charge is 2.23. The van der Waals surface area contributed by atoms with E-state index >= 15 is 0 Å². The maximum atomic E-state index is 12.1. The van der Waals surface area contributed by atoms with Gasteiger partial charge in [-0.25, -0.2) is 4.98 Å². The Morgan fingerprint density at radius 1 is 1.26 bits per heavy atom. The molecule has 0 aliphatic heterocycles. The third-order valence-corrected chi connectivity index (χ3v) is 3.98. The van der Waals surface area contributed by atoms with E-state index in [1.54, 1.807) is 0 Å². The SMILES string of the molecule is CC(C)(C)C(=O)Nc1sc(Br)nc1-c1ccccc1. The summed E-state index contributed by atoms with van der Waals surface area (Å²) >= 11 is 4.80. The molecule has 2 rings (SSSR count). The van der Waals surface area contributed by atoms with Gasteiger partial charge in [-0.05, 0) is 15.9 Å². The van der Waals surface area contributed by atoms with Gasteiger partial charge in [-0.15, -0.1) is 0 Å². The second-order valence-corrected chi connectivity index (χ2v) is 7.49. The van der Waals surface area contributed by atoms with Crippen LogP contribution in [0.15, 0.2) is 34.2 Å². The van der Waals surface area contributed by atoms with Crippen LogP contribution in [0.25, 0.3) is 11.3 Å². The number of aromatic nitrogens is 1. The molecule has 1 aromatic heterocycles. The summed E-state index contributed by atoms with van der Waals surface area (Å²) in [6, 6.07) is 9.83. The molecule has 0 radical (unpaired) electrons. The Morgan fingerprint density at radius 3 is 2.47 bits per heavy atom. The molecule has 0 spiro atoms. The van der Waals surface area contributed by atoms with Crippen molar-refractivity contribution in [3.8, 4) is 11.3 Å². The van der Waals surface area contributed by atoms with Gasteiger partial charge in [0.15, 0.2) is 3.92 Å². The van der Waals surface area contributed by atoms with Crippen LogP contribution in [0.1, 0.15) is 20.8 Å². The molecule has 1 aromatic carbocycles. The third-order valence-electron chi connectivity index (χ3n) is 2.56. The minimum atomic E-state index is -0.426. The van der Waals surface area contributed by atoms with E-state index in [1.165, 1.54) is 11.3 Å². The van der Waals surface area contributed by atoms with E-state index in [0.717, 1.165) is 20.2 Å². The summed E-state index contributed by atoms with van der Waals surface area (Å²) in [5, 5.41) is 3.73. The number of anilines is 1. The Hall–Kier alpha value is -1.20. The van der Waals surface area contributed by atoms with E-state index in [0.29, 0.717) is 0 Å². The van der Waals surface area contributed by atoms with Gasteiger partial charge in [0.25, 0.3) is 0 Å². The van der Waals surface area contributed by atoms with Crippen LogP contribution in [0.3, 0.4) is 0 Å². The van der Waals surface area contributed by atoms with Crippen LogP contribution in [-0.2, 0) is 4.79 Å². The molecule has 2 aromatic rings. The zero-order valence-corrected chi connectivity index (χ0v) is 13.4. The molecule has 0 aliphatic carbocycles. The van der Waals surface area contributed by atoms with Crippen LogP contribution < -0.4 is 5.32 Å². The first-order chi connectivity index (χ1) is 8.88. The van der Waals surface area contributed by atoms with Gasteiger partial charge >= 0.3 is 0 Å². The van der Waals surface area contributed by atoms with E-state index in [4.69, 9.17) is 0 Å². The smallest absolute Gasteiger partial charge is 0.230 e. The lowest BCUT2D eigenvalue weighted by atomic mass is 9.96. The first kappa shape index (κ1) is 14.2. The van der Waals surface area contributed by atoms with E-state index in [2.05, 4.69) is 26.2 Å². The zero-order valence-electron chi connectivity index (χ0n) is 11.0. The molecule has 1 amide bonds. The van der Waals surface area contributed by atoms with Gasteiger partial charge < -0.3 is 5.32 Å². The molecular formula is C14H15BrN2OS. The monoisotopic (exact) mass is 338 g/mol. The van der Waals surface area contributed by atoms with Crippen molar-refractivity contribution in [3.63, 3.8) is 0 Å². The number of carbonyl (C=O) groups excluding carboxylic acids is 1. The van der Waals surface area contributed by atoms with Crippen LogP contribution in [0, 0.1) is 5.41 Å². The summed E-state index contributed by atoms with van der Waals surface area (Å²) in [7, 11) is 0. The molecule has 0 fully saturated rings. The highest BCUT2D eigenvalue weighted by atomic mass is 79.9. The number of amides is 1. The Labute approximate surface area is 125 Å². The topological polar surface area (TPSA) is 42.0 Å². The highest BCUT2D eigenvalue weighted by molar-refractivity contribution is 9.11. The molecule has 5 heteroatoms. The number of rotatable bonds is 2. The fourth-order valence-electron chi connectivity index (χ4n) is 1.46. The normalized spacial score (nSPS) is 11.4. The lowest BCUT2D eigenvalue weighted by Crippen LogP contribution is -2.27. The van der Waals surface area contributed by atoms with Gasteiger partial charge in [0.05, 0.1) is 0 Å². The zero-order chi connectivity index (χ0) is 14.0. The van der Waals surface area contributed by atoms with E-state index in [9.17, 15) is 4.79 Å². The Bertz CT molecular complexity index is 587. The lowest BCUT2D eigenvalue weighted by molar-refractivity contribution is -0.123. The number of hydrogen-bond acceptors (Lipinski definition) is 3. The van der Waals surface area contributed by atoms with Gasteiger partial charge in [-0.3, -0.25) is 4.79 Å². The van der Waals surface area contributed by atoms with Crippen molar-refractivity contribution in [2.75, 3.05) is 5.32 Å². The lowest BCUT2D eigenvalue weighted by Gasteiger charge is -2.17.